The second-order valence-electron chi connectivity index (χ2n) is 7.46. The maximum Gasteiger partial charge on any atom is 0.329 e. The molecule has 5 nitrogen and oxygen atoms in total. The van der Waals surface area contributed by atoms with E-state index in [1.807, 2.05) is 6.92 Å². The molecule has 3 N–H and O–H groups in total. The quantitative estimate of drug-likeness (QED) is 0.788. The summed E-state index contributed by atoms with van der Waals surface area (Å²) in [4.78, 5) is 25.8. The lowest BCUT2D eigenvalue weighted by Gasteiger charge is -2.35. The van der Waals surface area contributed by atoms with Gasteiger partial charge in [0.25, 0.3) is 0 Å². The fourth-order valence-electron chi connectivity index (χ4n) is 3.44. The van der Waals surface area contributed by atoms with E-state index >= 15 is 0 Å². The zero-order valence-electron chi connectivity index (χ0n) is 13.8. The van der Waals surface area contributed by atoms with Gasteiger partial charge >= 0.3 is 5.97 Å². The number of amides is 1. The van der Waals surface area contributed by atoms with E-state index in [2.05, 4.69) is 20.8 Å². The maximum atomic E-state index is 12.5. The van der Waals surface area contributed by atoms with Crippen LogP contribution in [0.15, 0.2) is 0 Å². The summed E-state index contributed by atoms with van der Waals surface area (Å²) < 4.78 is 0. The van der Waals surface area contributed by atoms with E-state index in [1.165, 1.54) is 0 Å². The summed E-state index contributed by atoms with van der Waals surface area (Å²) >= 11 is 0. The summed E-state index contributed by atoms with van der Waals surface area (Å²) in [6, 6.07) is -0.216. The van der Waals surface area contributed by atoms with Crippen molar-refractivity contribution < 1.29 is 14.7 Å². The summed E-state index contributed by atoms with van der Waals surface area (Å²) in [5, 5.41) is 9.61. The molecule has 1 fully saturated rings. The van der Waals surface area contributed by atoms with Gasteiger partial charge in [0, 0.05) is 19.0 Å². The highest BCUT2D eigenvalue weighted by molar-refractivity contribution is 5.88. The summed E-state index contributed by atoms with van der Waals surface area (Å²) in [5.74, 6) is -0.986. The normalized spacial score (nSPS) is 24.1. The number of carboxylic acids is 1. The van der Waals surface area contributed by atoms with Gasteiger partial charge in [-0.05, 0) is 31.1 Å². The first kappa shape index (κ1) is 18.0. The molecule has 1 saturated heterocycles. The van der Waals surface area contributed by atoms with Gasteiger partial charge in [-0.15, -0.1) is 0 Å². The minimum Gasteiger partial charge on any atom is -0.479 e. The van der Waals surface area contributed by atoms with E-state index in [-0.39, 0.29) is 23.8 Å². The summed E-state index contributed by atoms with van der Waals surface area (Å²) in [6.07, 6.45) is 3.56. The van der Waals surface area contributed by atoms with Crippen molar-refractivity contribution in [2.45, 2.75) is 77.8 Å². The third kappa shape index (κ3) is 4.43. The number of hydrogen-bond donors (Lipinski definition) is 2. The smallest absolute Gasteiger partial charge is 0.329 e. The lowest BCUT2D eigenvalue weighted by Crippen LogP contribution is -2.54. The molecule has 1 rings (SSSR count). The molecule has 1 heterocycles. The van der Waals surface area contributed by atoms with E-state index in [0.717, 1.165) is 19.3 Å². The molecule has 122 valence electrons. The average Bonchev–Trinajstić information content (AvgIpc) is 2.71. The Morgan fingerprint density at radius 2 is 2.00 bits per heavy atom. The van der Waals surface area contributed by atoms with Crippen LogP contribution >= 0.6 is 0 Å². The molecule has 5 heteroatoms. The van der Waals surface area contributed by atoms with Gasteiger partial charge in [-0.3, -0.25) is 4.79 Å². The second kappa shape index (κ2) is 6.77. The Bertz CT molecular complexity index is 389. The number of aliphatic carboxylic acids is 1. The van der Waals surface area contributed by atoms with Gasteiger partial charge in [0.15, 0.2) is 0 Å². The zero-order valence-corrected chi connectivity index (χ0v) is 13.8. The molecular formula is C16H30N2O3. The predicted molar refractivity (Wildman–Crippen MR) is 82.9 cm³/mol. The summed E-state index contributed by atoms with van der Waals surface area (Å²) in [5.41, 5.74) is 5.13. The van der Waals surface area contributed by atoms with Crippen molar-refractivity contribution in [1.82, 2.24) is 4.90 Å². The van der Waals surface area contributed by atoms with Crippen LogP contribution in [0.25, 0.3) is 0 Å². The number of carbonyl (C=O) groups is 2. The van der Waals surface area contributed by atoms with Crippen LogP contribution in [0.5, 0.6) is 0 Å². The number of carboxylic acid groups (broad SMARTS) is 1. The molecule has 0 radical (unpaired) electrons. The molecule has 0 aromatic rings. The highest BCUT2D eigenvalue weighted by Crippen LogP contribution is 2.35. The first-order chi connectivity index (χ1) is 9.62. The molecule has 21 heavy (non-hydrogen) atoms. The zero-order chi connectivity index (χ0) is 16.3. The van der Waals surface area contributed by atoms with Crippen molar-refractivity contribution in [3.8, 4) is 0 Å². The molecule has 1 aliphatic heterocycles. The first-order valence-corrected chi connectivity index (χ1v) is 7.92. The number of hydrogen-bond acceptors (Lipinski definition) is 3. The van der Waals surface area contributed by atoms with Crippen molar-refractivity contribution in [3.63, 3.8) is 0 Å². The standard InChI is InChI=1S/C16H30N2O3/c1-5-7-16(14(20)21)8-6-9-18(16)13(19)10-12(17)11-15(2,3)4/h12H,5-11,17H2,1-4H3,(H,20,21). The molecule has 0 aliphatic carbocycles. The lowest BCUT2D eigenvalue weighted by molar-refractivity contribution is -0.157. The molecule has 0 aromatic heterocycles. The Labute approximate surface area is 127 Å². The first-order valence-electron chi connectivity index (χ1n) is 7.92. The molecule has 0 aromatic carbocycles. The van der Waals surface area contributed by atoms with Crippen molar-refractivity contribution >= 4 is 11.9 Å². The van der Waals surface area contributed by atoms with Crippen molar-refractivity contribution in [2.75, 3.05) is 6.54 Å². The van der Waals surface area contributed by atoms with Crippen LogP contribution in [0, 0.1) is 5.41 Å². The summed E-state index contributed by atoms with van der Waals surface area (Å²) in [7, 11) is 0. The van der Waals surface area contributed by atoms with E-state index in [1.54, 1.807) is 4.90 Å². The number of nitrogens with two attached hydrogens (primary N) is 1. The van der Waals surface area contributed by atoms with Gasteiger partial charge in [0.05, 0.1) is 0 Å². The highest BCUT2D eigenvalue weighted by atomic mass is 16.4. The number of carbonyl (C=O) groups excluding carboxylic acids is 1. The van der Waals surface area contributed by atoms with E-state index in [9.17, 15) is 14.7 Å². The Kier molecular flexibility index (Phi) is 5.79. The minimum atomic E-state index is -1.01. The Hall–Kier alpha value is -1.10. The van der Waals surface area contributed by atoms with E-state index in [0.29, 0.717) is 19.4 Å². The summed E-state index contributed by atoms with van der Waals surface area (Å²) in [6.45, 7) is 8.76. The number of rotatable bonds is 6. The number of nitrogens with zero attached hydrogens (tertiary/aromatic N) is 1. The van der Waals surface area contributed by atoms with Gasteiger partial charge in [-0.2, -0.15) is 0 Å². The minimum absolute atomic E-state index is 0.0675. The molecular weight excluding hydrogens is 268 g/mol. The molecule has 1 aliphatic rings. The largest absolute Gasteiger partial charge is 0.479 e. The predicted octanol–water partition coefficient (Wildman–Crippen LogP) is 2.39. The second-order valence-corrected chi connectivity index (χ2v) is 7.46. The average molecular weight is 298 g/mol. The van der Waals surface area contributed by atoms with Crippen LogP contribution in [0.2, 0.25) is 0 Å². The van der Waals surface area contributed by atoms with Crippen LogP contribution in [0.1, 0.15) is 66.2 Å². The highest BCUT2D eigenvalue weighted by Gasteiger charge is 2.49. The van der Waals surface area contributed by atoms with Crippen LogP contribution in [0.3, 0.4) is 0 Å². The van der Waals surface area contributed by atoms with Crippen LogP contribution < -0.4 is 5.73 Å². The lowest BCUT2D eigenvalue weighted by atomic mass is 9.86. The van der Waals surface area contributed by atoms with Crippen LogP contribution in [-0.4, -0.2) is 40.0 Å². The topological polar surface area (TPSA) is 83.6 Å². The molecule has 0 saturated carbocycles. The molecule has 2 unspecified atom stereocenters. The van der Waals surface area contributed by atoms with Gasteiger partial charge < -0.3 is 15.7 Å². The van der Waals surface area contributed by atoms with Crippen molar-refractivity contribution in [3.05, 3.63) is 0 Å². The van der Waals surface area contributed by atoms with Crippen molar-refractivity contribution in [2.24, 2.45) is 11.1 Å². The van der Waals surface area contributed by atoms with E-state index < -0.39 is 11.5 Å². The molecule has 0 bridgehead atoms. The molecule has 1 amide bonds. The number of likely N-dealkylation sites (tertiary alicyclic amines) is 1. The van der Waals surface area contributed by atoms with E-state index in [4.69, 9.17) is 5.73 Å². The third-order valence-electron chi connectivity index (χ3n) is 4.16. The SMILES string of the molecule is CCCC1(C(=O)O)CCCN1C(=O)CC(N)CC(C)(C)C. The fourth-order valence-corrected chi connectivity index (χ4v) is 3.44. The Morgan fingerprint density at radius 3 is 2.48 bits per heavy atom. The van der Waals surface area contributed by atoms with Gasteiger partial charge in [-0.1, -0.05) is 34.1 Å². The fraction of sp³-hybridized carbons (Fsp3) is 0.875. The maximum absolute atomic E-state index is 12.5. The van der Waals surface area contributed by atoms with Crippen LogP contribution in [-0.2, 0) is 9.59 Å². The Balaban J connectivity index is 2.78. The Morgan fingerprint density at radius 1 is 1.38 bits per heavy atom. The molecule has 0 spiro atoms. The van der Waals surface area contributed by atoms with Crippen LogP contribution in [0.4, 0.5) is 0 Å². The van der Waals surface area contributed by atoms with Gasteiger partial charge in [0.1, 0.15) is 5.54 Å². The van der Waals surface area contributed by atoms with Gasteiger partial charge in [-0.25, -0.2) is 4.79 Å². The van der Waals surface area contributed by atoms with Gasteiger partial charge in [0.2, 0.25) is 5.91 Å². The van der Waals surface area contributed by atoms with Crippen molar-refractivity contribution in [1.29, 1.82) is 0 Å². The third-order valence-corrected chi connectivity index (χ3v) is 4.16. The molecule has 2 atom stereocenters. The monoisotopic (exact) mass is 298 g/mol.